The van der Waals surface area contributed by atoms with Gasteiger partial charge < -0.3 is 5.32 Å². The lowest BCUT2D eigenvalue weighted by atomic mass is 10.1. The van der Waals surface area contributed by atoms with E-state index in [1.54, 1.807) is 10.5 Å². The van der Waals surface area contributed by atoms with Gasteiger partial charge in [-0.1, -0.05) is 6.07 Å². The number of aryl methyl sites for hydroxylation is 1. The zero-order valence-corrected chi connectivity index (χ0v) is 9.81. The van der Waals surface area contributed by atoms with Crippen molar-refractivity contribution in [2.24, 2.45) is 0 Å². The molecular weight excluding hydrogens is 214 g/mol. The lowest BCUT2D eigenvalue weighted by molar-refractivity contribution is 0.626. The molecular formula is C13H15N3O. The molecule has 1 N–H and O–H groups in total. The first-order valence-electron chi connectivity index (χ1n) is 5.97. The molecule has 0 radical (unpaired) electrons. The Morgan fingerprint density at radius 3 is 3.12 bits per heavy atom. The molecule has 0 amide bonds. The second-order valence-corrected chi connectivity index (χ2v) is 4.60. The molecule has 4 heteroatoms. The fourth-order valence-electron chi connectivity index (χ4n) is 2.34. The van der Waals surface area contributed by atoms with Crippen LogP contribution in [0, 0.1) is 6.92 Å². The number of nitrogens with one attached hydrogen (secondary N) is 1. The summed E-state index contributed by atoms with van der Waals surface area (Å²) in [6.07, 6.45) is 4.05. The lowest BCUT2D eigenvalue weighted by Crippen LogP contribution is -2.21. The predicted molar refractivity (Wildman–Crippen MR) is 66.2 cm³/mol. The molecule has 1 fully saturated rings. The van der Waals surface area contributed by atoms with Gasteiger partial charge in [-0.15, -0.1) is 0 Å². The summed E-state index contributed by atoms with van der Waals surface area (Å²) in [7, 11) is 0. The quantitative estimate of drug-likeness (QED) is 0.804. The van der Waals surface area contributed by atoms with E-state index in [4.69, 9.17) is 0 Å². The SMILES string of the molecule is Cc1ccc2nc(C3CCCN3)cc(=O)n2c1. The third-order valence-electron chi connectivity index (χ3n) is 3.24. The van der Waals surface area contributed by atoms with Gasteiger partial charge in [0.2, 0.25) is 0 Å². The molecule has 1 atom stereocenters. The maximum absolute atomic E-state index is 12.0. The molecule has 0 saturated carbocycles. The molecule has 3 heterocycles. The fourth-order valence-corrected chi connectivity index (χ4v) is 2.34. The molecule has 2 aromatic heterocycles. The Labute approximate surface area is 99.3 Å². The monoisotopic (exact) mass is 229 g/mol. The minimum absolute atomic E-state index is 0.00222. The minimum atomic E-state index is 0.00222. The van der Waals surface area contributed by atoms with Gasteiger partial charge in [0.15, 0.2) is 0 Å². The number of pyridine rings is 1. The maximum Gasteiger partial charge on any atom is 0.258 e. The van der Waals surface area contributed by atoms with Crippen molar-refractivity contribution >= 4 is 5.65 Å². The average molecular weight is 229 g/mol. The Kier molecular flexibility index (Phi) is 2.44. The van der Waals surface area contributed by atoms with Crippen LogP contribution in [0.4, 0.5) is 0 Å². The number of hydrogen-bond acceptors (Lipinski definition) is 3. The lowest BCUT2D eigenvalue weighted by Gasteiger charge is -2.10. The molecule has 1 unspecified atom stereocenters. The van der Waals surface area contributed by atoms with Gasteiger partial charge in [0.05, 0.1) is 5.69 Å². The minimum Gasteiger partial charge on any atom is -0.309 e. The molecule has 0 aliphatic carbocycles. The number of rotatable bonds is 1. The van der Waals surface area contributed by atoms with Crippen LogP contribution in [0.2, 0.25) is 0 Å². The molecule has 0 bridgehead atoms. The first-order chi connectivity index (χ1) is 8.24. The highest BCUT2D eigenvalue weighted by Crippen LogP contribution is 2.20. The fraction of sp³-hybridized carbons (Fsp3) is 0.385. The van der Waals surface area contributed by atoms with Crippen LogP contribution in [0.3, 0.4) is 0 Å². The molecule has 2 aromatic rings. The Morgan fingerprint density at radius 2 is 2.35 bits per heavy atom. The summed E-state index contributed by atoms with van der Waals surface area (Å²) in [5.74, 6) is 0. The van der Waals surface area contributed by atoms with E-state index >= 15 is 0 Å². The van der Waals surface area contributed by atoms with Gasteiger partial charge in [0.25, 0.3) is 5.56 Å². The number of aromatic nitrogens is 2. The highest BCUT2D eigenvalue weighted by Gasteiger charge is 2.18. The van der Waals surface area contributed by atoms with Crippen LogP contribution in [0.15, 0.2) is 29.2 Å². The summed E-state index contributed by atoms with van der Waals surface area (Å²) in [5, 5.41) is 3.37. The molecule has 0 aromatic carbocycles. The highest BCUT2D eigenvalue weighted by molar-refractivity contribution is 5.40. The van der Waals surface area contributed by atoms with E-state index in [2.05, 4.69) is 10.3 Å². The number of fused-ring (bicyclic) bond motifs is 1. The molecule has 1 aliphatic heterocycles. The maximum atomic E-state index is 12.0. The van der Waals surface area contributed by atoms with Crippen molar-refractivity contribution in [1.29, 1.82) is 0 Å². The van der Waals surface area contributed by atoms with Gasteiger partial charge in [-0.3, -0.25) is 9.20 Å². The van der Waals surface area contributed by atoms with Crippen LogP contribution in [0.5, 0.6) is 0 Å². The van der Waals surface area contributed by atoms with E-state index < -0.39 is 0 Å². The second kappa shape index (κ2) is 3.96. The van der Waals surface area contributed by atoms with E-state index in [0.717, 1.165) is 36.3 Å². The van der Waals surface area contributed by atoms with Gasteiger partial charge in [0, 0.05) is 18.3 Å². The summed E-state index contributed by atoms with van der Waals surface area (Å²) < 4.78 is 1.60. The Morgan fingerprint density at radius 1 is 1.47 bits per heavy atom. The first kappa shape index (κ1) is 10.5. The van der Waals surface area contributed by atoms with Gasteiger partial charge in [0.1, 0.15) is 5.65 Å². The Bertz CT molecular complexity index is 612. The average Bonchev–Trinajstić information content (AvgIpc) is 2.83. The molecule has 3 rings (SSSR count). The topological polar surface area (TPSA) is 46.4 Å². The molecule has 0 spiro atoms. The van der Waals surface area contributed by atoms with E-state index in [0.29, 0.717) is 0 Å². The summed E-state index contributed by atoms with van der Waals surface area (Å²) in [6, 6.07) is 5.77. The van der Waals surface area contributed by atoms with Gasteiger partial charge >= 0.3 is 0 Å². The molecule has 1 saturated heterocycles. The third-order valence-corrected chi connectivity index (χ3v) is 3.24. The van der Waals surface area contributed by atoms with E-state index in [-0.39, 0.29) is 11.6 Å². The van der Waals surface area contributed by atoms with Crippen molar-refractivity contribution < 1.29 is 0 Å². The number of nitrogens with zero attached hydrogens (tertiary/aromatic N) is 2. The van der Waals surface area contributed by atoms with Gasteiger partial charge in [-0.05, 0) is 37.9 Å². The Balaban J connectivity index is 2.17. The van der Waals surface area contributed by atoms with E-state index in [9.17, 15) is 4.79 Å². The summed E-state index contributed by atoms with van der Waals surface area (Å²) >= 11 is 0. The normalized spacial score (nSPS) is 19.9. The zero-order chi connectivity index (χ0) is 11.8. The smallest absolute Gasteiger partial charge is 0.258 e. The Hall–Kier alpha value is -1.68. The van der Waals surface area contributed by atoms with Crippen molar-refractivity contribution in [3.05, 3.63) is 46.0 Å². The predicted octanol–water partition coefficient (Wildman–Crippen LogP) is 1.43. The van der Waals surface area contributed by atoms with E-state index in [1.807, 2.05) is 25.3 Å². The third kappa shape index (κ3) is 1.85. The summed E-state index contributed by atoms with van der Waals surface area (Å²) in [4.78, 5) is 16.6. The van der Waals surface area contributed by atoms with E-state index in [1.165, 1.54) is 0 Å². The van der Waals surface area contributed by atoms with Crippen molar-refractivity contribution in [1.82, 2.24) is 14.7 Å². The molecule has 4 nitrogen and oxygen atoms in total. The van der Waals surface area contributed by atoms with Crippen LogP contribution < -0.4 is 10.9 Å². The van der Waals surface area contributed by atoms with Crippen LogP contribution >= 0.6 is 0 Å². The zero-order valence-electron chi connectivity index (χ0n) is 9.81. The molecule has 88 valence electrons. The van der Waals surface area contributed by atoms with Crippen LogP contribution in [0.1, 0.15) is 30.1 Å². The van der Waals surface area contributed by atoms with Crippen molar-refractivity contribution in [2.75, 3.05) is 6.54 Å². The van der Waals surface area contributed by atoms with Crippen molar-refractivity contribution in [2.45, 2.75) is 25.8 Å². The summed E-state index contributed by atoms with van der Waals surface area (Å²) in [5.41, 5.74) is 2.67. The summed E-state index contributed by atoms with van der Waals surface area (Å²) in [6.45, 7) is 2.98. The first-order valence-corrected chi connectivity index (χ1v) is 5.97. The largest absolute Gasteiger partial charge is 0.309 e. The van der Waals surface area contributed by atoms with Crippen molar-refractivity contribution in [3.8, 4) is 0 Å². The molecule has 1 aliphatic rings. The highest BCUT2D eigenvalue weighted by atomic mass is 16.1. The van der Waals surface area contributed by atoms with Gasteiger partial charge in [-0.2, -0.15) is 0 Å². The second-order valence-electron chi connectivity index (χ2n) is 4.60. The standard InChI is InChI=1S/C13H15N3O/c1-9-4-5-12-15-11(10-3-2-6-14-10)7-13(17)16(12)8-9/h4-5,7-8,10,14H,2-3,6H2,1H3. The van der Waals surface area contributed by atoms with Crippen molar-refractivity contribution in [3.63, 3.8) is 0 Å². The molecule has 17 heavy (non-hydrogen) atoms. The number of hydrogen-bond donors (Lipinski definition) is 1. The van der Waals surface area contributed by atoms with Crippen LogP contribution in [-0.4, -0.2) is 15.9 Å². The van der Waals surface area contributed by atoms with Crippen LogP contribution in [0.25, 0.3) is 5.65 Å². The van der Waals surface area contributed by atoms with Crippen LogP contribution in [-0.2, 0) is 0 Å². The van der Waals surface area contributed by atoms with Gasteiger partial charge in [-0.25, -0.2) is 4.98 Å².